The van der Waals surface area contributed by atoms with Crippen LogP contribution in [0.25, 0.3) is 0 Å². The van der Waals surface area contributed by atoms with Crippen LogP contribution in [0.2, 0.25) is 0 Å². The Morgan fingerprint density at radius 3 is 2.95 bits per heavy atom. The van der Waals surface area contributed by atoms with E-state index in [2.05, 4.69) is 38.5 Å². The smallest absolute Gasteiger partial charge is 0.264 e. The summed E-state index contributed by atoms with van der Waals surface area (Å²) in [6.45, 7) is 1.95. The zero-order valence-electron chi connectivity index (χ0n) is 11.8. The van der Waals surface area contributed by atoms with Crippen molar-refractivity contribution in [2.45, 2.75) is 13.3 Å². The zero-order valence-corrected chi connectivity index (χ0v) is 15.0. The second-order valence-electron chi connectivity index (χ2n) is 4.25. The lowest BCUT2D eigenvalue weighted by Gasteiger charge is -2.10. The molecule has 2 aromatic rings. The molecule has 0 aliphatic rings. The molecule has 2 rings (SSSR count). The second kappa shape index (κ2) is 8.21. The van der Waals surface area contributed by atoms with Gasteiger partial charge in [-0.05, 0) is 52.3 Å². The molecule has 1 heterocycles. The van der Waals surface area contributed by atoms with Crippen LogP contribution >= 0.6 is 39.5 Å². The normalized spacial score (nSPS) is 10.1. The van der Waals surface area contributed by atoms with Crippen molar-refractivity contribution >= 4 is 55.6 Å². The van der Waals surface area contributed by atoms with Gasteiger partial charge in [0.2, 0.25) is 0 Å². The van der Waals surface area contributed by atoms with Gasteiger partial charge in [0.1, 0.15) is 5.75 Å². The number of halogens is 1. The number of thiazole rings is 1. The maximum atomic E-state index is 11.8. The Labute approximate surface area is 146 Å². The van der Waals surface area contributed by atoms with Crippen molar-refractivity contribution in [3.05, 3.63) is 39.8 Å². The zero-order chi connectivity index (χ0) is 15.9. The fraction of sp³-hybridized carbons (Fsp3) is 0.214. The van der Waals surface area contributed by atoms with Crippen LogP contribution in [0, 0.1) is 0 Å². The predicted octanol–water partition coefficient (Wildman–Crippen LogP) is 3.36. The highest BCUT2D eigenvalue weighted by atomic mass is 79.9. The van der Waals surface area contributed by atoms with Gasteiger partial charge in [-0.3, -0.25) is 10.1 Å². The SMILES string of the molecule is CCc1ccc(OCC(=O)NC(=S)Nc2nccs2)c(Br)c1. The summed E-state index contributed by atoms with van der Waals surface area (Å²) >= 11 is 9.85. The van der Waals surface area contributed by atoms with Crippen molar-refractivity contribution < 1.29 is 9.53 Å². The van der Waals surface area contributed by atoms with Crippen LogP contribution in [0.3, 0.4) is 0 Å². The number of aromatic nitrogens is 1. The molecule has 8 heteroatoms. The third-order valence-electron chi connectivity index (χ3n) is 2.67. The van der Waals surface area contributed by atoms with E-state index in [1.807, 2.05) is 23.6 Å². The Kier molecular flexibility index (Phi) is 6.29. The van der Waals surface area contributed by atoms with Crippen LogP contribution in [-0.4, -0.2) is 22.6 Å². The van der Waals surface area contributed by atoms with E-state index in [1.165, 1.54) is 16.9 Å². The van der Waals surface area contributed by atoms with E-state index < -0.39 is 0 Å². The highest BCUT2D eigenvalue weighted by molar-refractivity contribution is 9.10. The fourth-order valence-electron chi connectivity index (χ4n) is 1.60. The number of hydrogen-bond acceptors (Lipinski definition) is 5. The van der Waals surface area contributed by atoms with Crippen molar-refractivity contribution in [3.63, 3.8) is 0 Å². The molecule has 0 saturated heterocycles. The molecular weight excluding hydrogens is 386 g/mol. The summed E-state index contributed by atoms with van der Waals surface area (Å²) in [7, 11) is 0. The first-order valence-corrected chi connectivity index (χ1v) is 8.58. The van der Waals surface area contributed by atoms with Crippen LogP contribution in [0.15, 0.2) is 34.2 Å². The maximum Gasteiger partial charge on any atom is 0.264 e. The van der Waals surface area contributed by atoms with Gasteiger partial charge in [0.25, 0.3) is 5.91 Å². The summed E-state index contributed by atoms with van der Waals surface area (Å²) in [6.07, 6.45) is 2.59. The molecule has 0 spiro atoms. The van der Waals surface area contributed by atoms with Gasteiger partial charge in [-0.15, -0.1) is 11.3 Å². The average molecular weight is 400 g/mol. The molecule has 2 N–H and O–H groups in total. The molecule has 0 fully saturated rings. The van der Waals surface area contributed by atoms with Crippen molar-refractivity contribution in [1.82, 2.24) is 10.3 Å². The van der Waals surface area contributed by atoms with Crippen molar-refractivity contribution in [1.29, 1.82) is 0 Å². The molecular formula is C14H14BrN3O2S2. The highest BCUT2D eigenvalue weighted by Gasteiger charge is 2.08. The molecule has 0 aliphatic heterocycles. The van der Waals surface area contributed by atoms with E-state index in [4.69, 9.17) is 17.0 Å². The summed E-state index contributed by atoms with van der Waals surface area (Å²) < 4.78 is 6.30. The Hall–Kier alpha value is -1.51. The van der Waals surface area contributed by atoms with Crippen LogP contribution in [0.4, 0.5) is 5.13 Å². The van der Waals surface area contributed by atoms with Gasteiger partial charge in [-0.25, -0.2) is 4.98 Å². The fourth-order valence-corrected chi connectivity index (χ4v) is 2.95. The Bertz CT molecular complexity index is 662. The minimum absolute atomic E-state index is 0.121. The van der Waals surface area contributed by atoms with Crippen molar-refractivity contribution in [2.24, 2.45) is 0 Å². The van der Waals surface area contributed by atoms with Gasteiger partial charge in [-0.1, -0.05) is 13.0 Å². The lowest BCUT2D eigenvalue weighted by Crippen LogP contribution is -2.37. The van der Waals surface area contributed by atoms with Crippen LogP contribution < -0.4 is 15.4 Å². The first-order chi connectivity index (χ1) is 10.6. The number of benzene rings is 1. The standard InChI is InChI=1S/C14H14BrN3O2S2/c1-2-9-3-4-11(10(15)7-9)20-8-12(19)17-13(21)18-14-16-5-6-22-14/h3-7H,2,8H2,1H3,(H2,16,17,18,19,21). The number of aryl methyl sites for hydroxylation is 1. The van der Waals surface area contributed by atoms with E-state index in [1.54, 1.807) is 6.20 Å². The topological polar surface area (TPSA) is 63.2 Å². The number of anilines is 1. The number of amides is 1. The van der Waals surface area contributed by atoms with Crippen LogP contribution in [0.1, 0.15) is 12.5 Å². The molecule has 0 bridgehead atoms. The number of hydrogen-bond donors (Lipinski definition) is 2. The summed E-state index contributed by atoms with van der Waals surface area (Å²) in [5.41, 5.74) is 1.19. The quantitative estimate of drug-likeness (QED) is 0.754. The van der Waals surface area contributed by atoms with Crippen LogP contribution in [-0.2, 0) is 11.2 Å². The third-order valence-corrected chi connectivity index (χ3v) is 4.18. The predicted molar refractivity (Wildman–Crippen MR) is 95.5 cm³/mol. The molecule has 1 amide bonds. The lowest BCUT2D eigenvalue weighted by atomic mass is 10.2. The molecule has 1 aromatic carbocycles. The monoisotopic (exact) mass is 399 g/mol. The summed E-state index contributed by atoms with van der Waals surface area (Å²) in [4.78, 5) is 15.8. The highest BCUT2D eigenvalue weighted by Crippen LogP contribution is 2.26. The largest absolute Gasteiger partial charge is 0.483 e. The minimum Gasteiger partial charge on any atom is -0.483 e. The molecule has 0 atom stereocenters. The van der Waals surface area contributed by atoms with Crippen LogP contribution in [0.5, 0.6) is 5.75 Å². The average Bonchev–Trinajstić information content (AvgIpc) is 2.98. The van der Waals surface area contributed by atoms with Gasteiger partial charge < -0.3 is 10.1 Å². The van der Waals surface area contributed by atoms with Gasteiger partial charge in [0.15, 0.2) is 16.9 Å². The first kappa shape index (κ1) is 16.9. The molecule has 0 saturated carbocycles. The Morgan fingerprint density at radius 2 is 2.32 bits per heavy atom. The van der Waals surface area contributed by atoms with Crippen molar-refractivity contribution in [3.8, 4) is 5.75 Å². The second-order valence-corrected chi connectivity index (χ2v) is 6.40. The number of carbonyl (C=O) groups excluding carboxylic acids is 1. The van der Waals surface area contributed by atoms with Gasteiger partial charge in [0, 0.05) is 11.6 Å². The van der Waals surface area contributed by atoms with Gasteiger partial charge in [-0.2, -0.15) is 0 Å². The first-order valence-electron chi connectivity index (χ1n) is 6.50. The molecule has 5 nitrogen and oxygen atoms in total. The van der Waals surface area contributed by atoms with E-state index in [0.717, 1.165) is 10.9 Å². The molecule has 0 unspecified atom stereocenters. The van der Waals surface area contributed by atoms with E-state index in [9.17, 15) is 4.79 Å². The molecule has 116 valence electrons. The summed E-state index contributed by atoms with van der Waals surface area (Å²) in [5, 5.41) is 8.00. The number of ether oxygens (including phenoxy) is 1. The summed E-state index contributed by atoms with van der Waals surface area (Å²) in [5.74, 6) is 0.284. The van der Waals surface area contributed by atoms with E-state index in [-0.39, 0.29) is 17.6 Å². The molecule has 1 aromatic heterocycles. The molecule has 0 radical (unpaired) electrons. The Morgan fingerprint density at radius 1 is 1.50 bits per heavy atom. The number of nitrogens with one attached hydrogen (secondary N) is 2. The van der Waals surface area contributed by atoms with Gasteiger partial charge >= 0.3 is 0 Å². The number of thiocarbonyl (C=S) groups is 1. The summed E-state index contributed by atoms with van der Waals surface area (Å²) in [6, 6.07) is 5.77. The van der Waals surface area contributed by atoms with Gasteiger partial charge in [0.05, 0.1) is 4.47 Å². The number of nitrogens with zero attached hydrogens (tertiary/aromatic N) is 1. The van der Waals surface area contributed by atoms with Crippen molar-refractivity contribution in [2.75, 3.05) is 11.9 Å². The van der Waals surface area contributed by atoms with E-state index in [0.29, 0.717) is 10.9 Å². The Balaban J connectivity index is 1.81. The van der Waals surface area contributed by atoms with E-state index >= 15 is 0 Å². The number of rotatable bonds is 5. The third kappa shape index (κ3) is 5.04. The minimum atomic E-state index is -0.333. The molecule has 0 aliphatic carbocycles. The number of carbonyl (C=O) groups is 1. The lowest BCUT2D eigenvalue weighted by molar-refractivity contribution is -0.121. The maximum absolute atomic E-state index is 11.8. The molecule has 22 heavy (non-hydrogen) atoms.